The van der Waals surface area contributed by atoms with Crippen LogP contribution in [0, 0.1) is 0 Å². The maximum atomic E-state index is 11.9. The lowest BCUT2D eigenvalue weighted by Crippen LogP contribution is -2.27. The van der Waals surface area contributed by atoms with Gasteiger partial charge in [0.1, 0.15) is 11.3 Å². The molecule has 1 amide bonds. The zero-order valence-corrected chi connectivity index (χ0v) is 12.1. The second-order valence-electron chi connectivity index (χ2n) is 5.58. The summed E-state index contributed by atoms with van der Waals surface area (Å²) in [5.41, 5.74) is 1.18. The molecule has 0 aliphatic carbocycles. The Kier molecular flexibility index (Phi) is 3.53. The maximum absolute atomic E-state index is 11.9. The molecule has 0 saturated heterocycles. The average Bonchev–Trinajstić information content (AvgIpc) is 2.61. The second kappa shape index (κ2) is 5.00. The molecule has 5 heteroatoms. The van der Waals surface area contributed by atoms with E-state index in [-0.39, 0.29) is 0 Å². The summed E-state index contributed by atoms with van der Waals surface area (Å²) in [7, 11) is 1.78. The highest BCUT2D eigenvalue weighted by Gasteiger charge is 2.20. The van der Waals surface area contributed by atoms with E-state index in [0.29, 0.717) is 11.4 Å². The Labute approximate surface area is 117 Å². The number of nitrogens with one attached hydrogen (secondary N) is 1. The number of benzene rings is 1. The van der Waals surface area contributed by atoms with Gasteiger partial charge in [-0.1, -0.05) is 18.2 Å². The SMILES string of the molecule is Cn1c(C=O)c(NC(=O)OC(C)(C)C)c2ccccc21. The van der Waals surface area contributed by atoms with Crippen molar-refractivity contribution in [1.82, 2.24) is 4.57 Å². The van der Waals surface area contributed by atoms with Gasteiger partial charge in [-0.05, 0) is 26.8 Å². The number of carbonyl (C=O) groups excluding carboxylic acids is 2. The van der Waals surface area contributed by atoms with Crippen molar-refractivity contribution in [2.75, 3.05) is 5.32 Å². The first-order valence-corrected chi connectivity index (χ1v) is 6.36. The third-order valence-electron chi connectivity index (χ3n) is 2.89. The minimum absolute atomic E-state index is 0.414. The number of aromatic nitrogens is 1. The number of hydrogen-bond donors (Lipinski definition) is 1. The Hall–Kier alpha value is -2.30. The molecule has 1 heterocycles. The smallest absolute Gasteiger partial charge is 0.412 e. The van der Waals surface area contributed by atoms with Gasteiger partial charge >= 0.3 is 6.09 Å². The molecular weight excluding hydrogens is 256 g/mol. The molecule has 0 radical (unpaired) electrons. The van der Waals surface area contributed by atoms with Crippen molar-refractivity contribution >= 4 is 29.0 Å². The van der Waals surface area contributed by atoms with E-state index >= 15 is 0 Å². The number of para-hydroxylation sites is 1. The molecule has 20 heavy (non-hydrogen) atoms. The second-order valence-corrected chi connectivity index (χ2v) is 5.58. The molecule has 1 aromatic carbocycles. The normalized spacial score (nSPS) is 11.4. The molecule has 0 atom stereocenters. The maximum Gasteiger partial charge on any atom is 0.412 e. The summed E-state index contributed by atoms with van der Waals surface area (Å²) in [4.78, 5) is 23.2. The molecule has 0 bridgehead atoms. The zero-order chi connectivity index (χ0) is 14.9. The number of ether oxygens (including phenoxy) is 1. The van der Waals surface area contributed by atoms with E-state index in [2.05, 4.69) is 5.32 Å². The number of aldehydes is 1. The van der Waals surface area contributed by atoms with Crippen LogP contribution in [-0.4, -0.2) is 22.5 Å². The number of hydrogen-bond acceptors (Lipinski definition) is 3. The summed E-state index contributed by atoms with van der Waals surface area (Å²) in [5, 5.41) is 3.48. The van der Waals surface area contributed by atoms with E-state index in [1.165, 1.54) is 0 Å². The van der Waals surface area contributed by atoms with E-state index in [1.54, 1.807) is 32.4 Å². The zero-order valence-electron chi connectivity index (χ0n) is 12.1. The summed E-state index contributed by atoms with van der Waals surface area (Å²) in [5.74, 6) is 0. The summed E-state index contributed by atoms with van der Waals surface area (Å²) >= 11 is 0. The van der Waals surface area contributed by atoms with Crippen LogP contribution in [0.5, 0.6) is 0 Å². The van der Waals surface area contributed by atoms with Crippen molar-refractivity contribution < 1.29 is 14.3 Å². The molecule has 1 aromatic heterocycles. The number of anilines is 1. The fourth-order valence-corrected chi connectivity index (χ4v) is 2.09. The predicted octanol–water partition coefficient (Wildman–Crippen LogP) is 3.34. The van der Waals surface area contributed by atoms with Crippen LogP contribution in [0.3, 0.4) is 0 Å². The minimum Gasteiger partial charge on any atom is -0.444 e. The number of carbonyl (C=O) groups is 2. The Morgan fingerprint density at radius 1 is 1.30 bits per heavy atom. The lowest BCUT2D eigenvalue weighted by atomic mass is 10.2. The molecule has 0 spiro atoms. The Morgan fingerprint density at radius 2 is 1.95 bits per heavy atom. The van der Waals surface area contributed by atoms with E-state index in [1.807, 2.05) is 24.3 Å². The van der Waals surface area contributed by atoms with Crippen molar-refractivity contribution in [3.63, 3.8) is 0 Å². The molecule has 0 fully saturated rings. The van der Waals surface area contributed by atoms with Crippen LogP contribution >= 0.6 is 0 Å². The Bertz CT molecular complexity index is 666. The third-order valence-corrected chi connectivity index (χ3v) is 2.89. The van der Waals surface area contributed by atoms with Crippen LogP contribution < -0.4 is 5.32 Å². The minimum atomic E-state index is -0.587. The standard InChI is InChI=1S/C15H18N2O3/c1-15(2,3)20-14(19)16-13-10-7-5-6-8-11(10)17(4)12(13)9-18/h5-9H,1-4H3,(H,16,19). The number of rotatable bonds is 2. The highest BCUT2D eigenvalue weighted by Crippen LogP contribution is 2.29. The molecule has 1 N–H and O–H groups in total. The van der Waals surface area contributed by atoms with Crippen molar-refractivity contribution in [3.8, 4) is 0 Å². The number of nitrogens with zero attached hydrogens (tertiary/aromatic N) is 1. The van der Waals surface area contributed by atoms with Gasteiger partial charge in [0, 0.05) is 12.4 Å². The fourth-order valence-electron chi connectivity index (χ4n) is 2.09. The fraction of sp³-hybridized carbons (Fsp3) is 0.333. The summed E-state index contributed by atoms with van der Waals surface area (Å²) in [6.07, 6.45) is 0.157. The van der Waals surface area contributed by atoms with Crippen molar-refractivity contribution in [1.29, 1.82) is 0 Å². The van der Waals surface area contributed by atoms with E-state index in [9.17, 15) is 9.59 Å². The predicted molar refractivity (Wildman–Crippen MR) is 78.2 cm³/mol. The highest BCUT2D eigenvalue weighted by atomic mass is 16.6. The van der Waals surface area contributed by atoms with Crippen molar-refractivity contribution in [2.45, 2.75) is 26.4 Å². The first kappa shape index (κ1) is 14.1. The highest BCUT2D eigenvalue weighted by molar-refractivity contribution is 6.07. The van der Waals surface area contributed by atoms with E-state index in [4.69, 9.17) is 4.74 Å². The molecule has 0 aliphatic rings. The van der Waals surface area contributed by atoms with Gasteiger partial charge in [0.05, 0.1) is 11.2 Å². The average molecular weight is 274 g/mol. The van der Waals surface area contributed by atoms with Gasteiger partial charge in [-0.15, -0.1) is 0 Å². The van der Waals surface area contributed by atoms with Gasteiger partial charge < -0.3 is 9.30 Å². The lowest BCUT2D eigenvalue weighted by molar-refractivity contribution is 0.0636. The van der Waals surface area contributed by atoms with Crippen molar-refractivity contribution in [2.24, 2.45) is 7.05 Å². The van der Waals surface area contributed by atoms with Crippen LogP contribution in [0.15, 0.2) is 24.3 Å². The molecule has 0 aliphatic heterocycles. The van der Waals surface area contributed by atoms with Crippen LogP contribution in [0.1, 0.15) is 31.3 Å². The Balaban J connectivity index is 2.43. The van der Waals surface area contributed by atoms with Gasteiger partial charge in [-0.3, -0.25) is 10.1 Å². The summed E-state index contributed by atoms with van der Waals surface area (Å²) in [6.45, 7) is 5.36. The summed E-state index contributed by atoms with van der Waals surface area (Å²) < 4.78 is 6.97. The van der Waals surface area contributed by atoms with Crippen LogP contribution in [-0.2, 0) is 11.8 Å². The molecular formula is C15H18N2O3. The van der Waals surface area contributed by atoms with E-state index in [0.717, 1.165) is 17.2 Å². The van der Waals surface area contributed by atoms with Crippen LogP contribution in [0.25, 0.3) is 10.9 Å². The molecule has 5 nitrogen and oxygen atoms in total. The topological polar surface area (TPSA) is 60.3 Å². The molecule has 106 valence electrons. The van der Waals surface area contributed by atoms with Gasteiger partial charge in [0.25, 0.3) is 0 Å². The van der Waals surface area contributed by atoms with Crippen molar-refractivity contribution in [3.05, 3.63) is 30.0 Å². The van der Waals surface area contributed by atoms with Crippen LogP contribution in [0.2, 0.25) is 0 Å². The van der Waals surface area contributed by atoms with Gasteiger partial charge in [0.2, 0.25) is 0 Å². The third kappa shape index (κ3) is 2.66. The largest absolute Gasteiger partial charge is 0.444 e. The first-order chi connectivity index (χ1) is 9.33. The number of aryl methyl sites for hydroxylation is 1. The first-order valence-electron chi connectivity index (χ1n) is 6.36. The summed E-state index contributed by atoms with van der Waals surface area (Å²) in [6, 6.07) is 7.49. The molecule has 0 saturated carbocycles. The van der Waals surface area contributed by atoms with Gasteiger partial charge in [-0.25, -0.2) is 4.79 Å². The molecule has 2 aromatic rings. The Morgan fingerprint density at radius 3 is 2.55 bits per heavy atom. The van der Waals surface area contributed by atoms with Crippen LogP contribution in [0.4, 0.5) is 10.5 Å². The molecule has 2 rings (SSSR count). The lowest BCUT2D eigenvalue weighted by Gasteiger charge is -2.19. The number of amides is 1. The van der Waals surface area contributed by atoms with E-state index < -0.39 is 11.7 Å². The number of fused-ring (bicyclic) bond motifs is 1. The molecule has 0 unspecified atom stereocenters. The van der Waals surface area contributed by atoms with Gasteiger partial charge in [-0.2, -0.15) is 0 Å². The van der Waals surface area contributed by atoms with Gasteiger partial charge in [0.15, 0.2) is 6.29 Å². The monoisotopic (exact) mass is 274 g/mol. The quantitative estimate of drug-likeness (QED) is 0.854.